The van der Waals surface area contributed by atoms with Gasteiger partial charge in [0.15, 0.2) is 11.5 Å². The molecule has 0 unspecified atom stereocenters. The molecule has 3 aliphatic heterocycles. The Morgan fingerprint density at radius 3 is 2.31 bits per heavy atom. The van der Waals surface area contributed by atoms with Crippen molar-refractivity contribution < 1.29 is 23.9 Å². The molecular formula is C30H30N4O5. The number of likely N-dealkylation sites (tertiary alicyclic amines) is 1. The van der Waals surface area contributed by atoms with Crippen LogP contribution in [0.15, 0.2) is 78.9 Å². The van der Waals surface area contributed by atoms with Crippen molar-refractivity contribution in [1.82, 2.24) is 15.1 Å². The lowest BCUT2D eigenvalue weighted by Gasteiger charge is -2.43. The van der Waals surface area contributed by atoms with Gasteiger partial charge in [-0.2, -0.15) is 0 Å². The van der Waals surface area contributed by atoms with Gasteiger partial charge in [0.05, 0.1) is 6.67 Å². The Morgan fingerprint density at radius 2 is 1.56 bits per heavy atom. The molecule has 0 radical (unpaired) electrons. The number of nitrogens with one attached hydrogen (secondary N) is 1. The number of hydrogen-bond acceptors (Lipinski definition) is 6. The van der Waals surface area contributed by atoms with Crippen LogP contribution in [0.4, 0.5) is 5.69 Å². The Balaban J connectivity index is 1.16. The van der Waals surface area contributed by atoms with Crippen LogP contribution in [0.5, 0.6) is 11.5 Å². The van der Waals surface area contributed by atoms with Gasteiger partial charge in [-0.15, -0.1) is 0 Å². The molecule has 3 aromatic rings. The first kappa shape index (κ1) is 24.8. The minimum Gasteiger partial charge on any atom is -0.454 e. The van der Waals surface area contributed by atoms with Crippen molar-refractivity contribution in [2.45, 2.75) is 24.9 Å². The van der Waals surface area contributed by atoms with E-state index in [1.807, 2.05) is 60.7 Å². The monoisotopic (exact) mass is 526 g/mol. The third kappa shape index (κ3) is 4.76. The molecule has 0 aromatic heterocycles. The predicted molar refractivity (Wildman–Crippen MR) is 144 cm³/mol. The van der Waals surface area contributed by atoms with Crippen molar-refractivity contribution in [3.8, 4) is 11.5 Å². The standard InChI is InChI=1S/C30H30N4O5/c35-27(31-18-22-7-3-1-4-8-22)19-33-20-34(24-9-5-2-6-10-24)30(29(33)37)13-15-32(16-14-30)28(36)23-11-12-25-26(17-23)39-21-38-25/h1-12,17H,13-16,18-21H2,(H,31,35). The molecule has 6 rings (SSSR count). The fourth-order valence-corrected chi connectivity index (χ4v) is 5.64. The van der Waals surface area contributed by atoms with Gasteiger partial charge in [-0.3, -0.25) is 14.4 Å². The van der Waals surface area contributed by atoms with E-state index in [0.717, 1.165) is 11.3 Å². The Kier molecular flexibility index (Phi) is 6.56. The third-order valence-electron chi connectivity index (χ3n) is 7.75. The number of carbonyl (C=O) groups excluding carboxylic acids is 3. The number of fused-ring (bicyclic) bond motifs is 1. The highest BCUT2D eigenvalue weighted by molar-refractivity contribution is 5.98. The first-order valence-corrected chi connectivity index (χ1v) is 13.2. The van der Waals surface area contributed by atoms with Crippen LogP contribution in [0.1, 0.15) is 28.8 Å². The minimum absolute atomic E-state index is 0.0173. The van der Waals surface area contributed by atoms with Gasteiger partial charge in [-0.05, 0) is 48.7 Å². The molecule has 1 N–H and O–H groups in total. The molecular weight excluding hydrogens is 496 g/mol. The second-order valence-electron chi connectivity index (χ2n) is 10.1. The zero-order valence-electron chi connectivity index (χ0n) is 21.5. The van der Waals surface area contributed by atoms with Gasteiger partial charge in [0.1, 0.15) is 12.1 Å². The lowest BCUT2D eigenvalue weighted by atomic mass is 9.85. The van der Waals surface area contributed by atoms with Crippen LogP contribution in [0.3, 0.4) is 0 Å². The van der Waals surface area contributed by atoms with Gasteiger partial charge in [0.2, 0.25) is 12.7 Å². The molecule has 3 amide bonds. The molecule has 3 aromatic carbocycles. The highest BCUT2D eigenvalue weighted by Gasteiger charge is 2.54. The molecule has 0 aliphatic carbocycles. The third-order valence-corrected chi connectivity index (χ3v) is 7.75. The Morgan fingerprint density at radius 1 is 0.872 bits per heavy atom. The largest absolute Gasteiger partial charge is 0.454 e. The van der Waals surface area contributed by atoms with E-state index in [4.69, 9.17) is 9.47 Å². The molecule has 2 fully saturated rings. The average Bonchev–Trinajstić information content (AvgIpc) is 3.56. The van der Waals surface area contributed by atoms with Crippen molar-refractivity contribution in [3.63, 3.8) is 0 Å². The van der Waals surface area contributed by atoms with Gasteiger partial charge in [-0.25, -0.2) is 0 Å². The zero-order chi connectivity index (χ0) is 26.8. The zero-order valence-corrected chi connectivity index (χ0v) is 21.5. The maximum Gasteiger partial charge on any atom is 0.253 e. The minimum atomic E-state index is -0.813. The summed E-state index contributed by atoms with van der Waals surface area (Å²) >= 11 is 0. The summed E-state index contributed by atoms with van der Waals surface area (Å²) in [6.07, 6.45) is 0.943. The average molecular weight is 527 g/mol. The summed E-state index contributed by atoms with van der Waals surface area (Å²) < 4.78 is 10.8. The van der Waals surface area contributed by atoms with Crippen LogP contribution in [0.25, 0.3) is 0 Å². The molecule has 0 bridgehead atoms. The molecule has 200 valence electrons. The molecule has 1 spiro atoms. The van der Waals surface area contributed by atoms with Crippen molar-refractivity contribution >= 4 is 23.4 Å². The quantitative estimate of drug-likeness (QED) is 0.531. The van der Waals surface area contributed by atoms with E-state index >= 15 is 0 Å². The number of nitrogens with zero attached hydrogens (tertiary/aromatic N) is 3. The van der Waals surface area contributed by atoms with Gasteiger partial charge < -0.3 is 29.5 Å². The number of para-hydroxylation sites is 1. The van der Waals surface area contributed by atoms with E-state index in [1.54, 1.807) is 28.0 Å². The smallest absolute Gasteiger partial charge is 0.253 e. The van der Waals surface area contributed by atoms with Crippen LogP contribution >= 0.6 is 0 Å². The van der Waals surface area contributed by atoms with Gasteiger partial charge in [-0.1, -0.05) is 48.5 Å². The second-order valence-corrected chi connectivity index (χ2v) is 10.1. The number of rotatable bonds is 6. The normalized spacial score (nSPS) is 17.5. The van der Waals surface area contributed by atoms with Crippen LogP contribution < -0.4 is 19.7 Å². The maximum atomic E-state index is 13.9. The van der Waals surface area contributed by atoms with E-state index in [1.165, 1.54) is 0 Å². The van der Waals surface area contributed by atoms with Crippen LogP contribution in [0.2, 0.25) is 0 Å². The number of amides is 3. The Hall–Kier alpha value is -4.53. The summed E-state index contributed by atoms with van der Waals surface area (Å²) in [5.41, 5.74) is 1.64. The summed E-state index contributed by atoms with van der Waals surface area (Å²) in [7, 11) is 0. The molecule has 2 saturated heterocycles. The number of piperidine rings is 1. The number of hydrogen-bond donors (Lipinski definition) is 1. The molecule has 3 aliphatic rings. The summed E-state index contributed by atoms with van der Waals surface area (Å²) in [6.45, 7) is 1.71. The Labute approximate surface area is 226 Å². The molecule has 9 nitrogen and oxygen atoms in total. The molecule has 0 atom stereocenters. The number of ether oxygens (including phenoxy) is 2. The van der Waals surface area contributed by atoms with E-state index in [-0.39, 0.29) is 31.1 Å². The van der Waals surface area contributed by atoms with Crippen molar-refractivity contribution in [1.29, 1.82) is 0 Å². The van der Waals surface area contributed by atoms with Crippen molar-refractivity contribution in [3.05, 3.63) is 90.0 Å². The number of benzene rings is 3. The van der Waals surface area contributed by atoms with Crippen LogP contribution in [-0.4, -0.2) is 66.2 Å². The fourth-order valence-electron chi connectivity index (χ4n) is 5.64. The summed E-state index contributed by atoms with van der Waals surface area (Å²) in [4.78, 5) is 45.6. The van der Waals surface area contributed by atoms with E-state index in [9.17, 15) is 14.4 Å². The fraction of sp³-hybridized carbons (Fsp3) is 0.300. The predicted octanol–water partition coefficient (Wildman–Crippen LogP) is 3.01. The second kappa shape index (κ2) is 10.3. The first-order valence-electron chi connectivity index (χ1n) is 13.2. The highest BCUT2D eigenvalue weighted by Crippen LogP contribution is 2.40. The lowest BCUT2D eigenvalue weighted by molar-refractivity contribution is -0.137. The van der Waals surface area contributed by atoms with Gasteiger partial charge in [0.25, 0.3) is 11.8 Å². The topological polar surface area (TPSA) is 91.4 Å². The molecule has 39 heavy (non-hydrogen) atoms. The molecule has 0 saturated carbocycles. The summed E-state index contributed by atoms with van der Waals surface area (Å²) in [5.74, 6) is 0.824. The van der Waals surface area contributed by atoms with Crippen LogP contribution in [-0.2, 0) is 16.1 Å². The number of anilines is 1. The number of carbonyl (C=O) groups is 3. The van der Waals surface area contributed by atoms with E-state index < -0.39 is 5.54 Å². The lowest BCUT2D eigenvalue weighted by Crippen LogP contribution is -2.57. The Bertz CT molecular complexity index is 1370. The maximum absolute atomic E-state index is 13.9. The summed E-state index contributed by atoms with van der Waals surface area (Å²) in [6, 6.07) is 24.7. The van der Waals surface area contributed by atoms with Gasteiger partial charge >= 0.3 is 0 Å². The molecule has 9 heteroatoms. The van der Waals surface area contributed by atoms with E-state index in [2.05, 4.69) is 10.2 Å². The first-order chi connectivity index (χ1) is 19.0. The summed E-state index contributed by atoms with van der Waals surface area (Å²) in [5, 5.41) is 2.93. The van der Waals surface area contributed by atoms with E-state index in [0.29, 0.717) is 56.2 Å². The molecule has 3 heterocycles. The van der Waals surface area contributed by atoms with Crippen molar-refractivity contribution in [2.75, 3.05) is 38.0 Å². The van der Waals surface area contributed by atoms with Gasteiger partial charge in [0, 0.05) is 30.9 Å². The van der Waals surface area contributed by atoms with Crippen molar-refractivity contribution in [2.24, 2.45) is 0 Å². The SMILES string of the molecule is O=C(CN1CN(c2ccccc2)C2(CCN(C(=O)c3ccc4c(c3)OCO4)CC2)C1=O)NCc1ccccc1. The highest BCUT2D eigenvalue weighted by atomic mass is 16.7. The van der Waals surface area contributed by atoms with Crippen LogP contribution in [0, 0.1) is 0 Å².